The Bertz CT molecular complexity index is 595. The van der Waals surface area contributed by atoms with Gasteiger partial charge in [0.2, 0.25) is 0 Å². The predicted octanol–water partition coefficient (Wildman–Crippen LogP) is 5.32. The normalized spacial score (nSPS) is 22.6. The molecule has 21 heavy (non-hydrogen) atoms. The third kappa shape index (κ3) is 3.29. The van der Waals surface area contributed by atoms with E-state index in [1.807, 2.05) is 29.5 Å². The molecule has 0 atom stereocenters. The largest absolute Gasteiger partial charge is 0.399 e. The van der Waals surface area contributed by atoms with E-state index in [0.717, 1.165) is 28.8 Å². The summed E-state index contributed by atoms with van der Waals surface area (Å²) in [5.74, 6) is 2.40. The topological polar surface area (TPSA) is 38.9 Å². The third-order valence-corrected chi connectivity index (χ3v) is 5.78. The molecular weight excluding hydrogens is 276 g/mol. The van der Waals surface area contributed by atoms with Crippen molar-refractivity contribution >= 4 is 17.0 Å². The summed E-state index contributed by atoms with van der Waals surface area (Å²) in [5.41, 5.74) is 8.88. The molecule has 1 fully saturated rings. The Balaban J connectivity index is 1.71. The SMILES string of the molecule is CC(C)C1CCC(c2nc(-c3cccc(N)c3)cs2)CC1. The minimum atomic E-state index is 0.666. The van der Waals surface area contributed by atoms with E-state index in [1.54, 1.807) is 0 Å². The number of nitrogens with zero attached hydrogens (tertiary/aromatic N) is 1. The molecule has 2 N–H and O–H groups in total. The zero-order valence-corrected chi connectivity index (χ0v) is 13.7. The van der Waals surface area contributed by atoms with Crippen LogP contribution in [0.3, 0.4) is 0 Å². The first kappa shape index (κ1) is 14.6. The zero-order chi connectivity index (χ0) is 14.8. The van der Waals surface area contributed by atoms with Crippen LogP contribution in [0.25, 0.3) is 11.3 Å². The molecule has 0 unspecified atom stereocenters. The molecule has 1 aromatic carbocycles. The average Bonchev–Trinajstić information content (AvgIpc) is 2.97. The lowest BCUT2D eigenvalue weighted by Gasteiger charge is -2.29. The number of aromatic nitrogens is 1. The van der Waals surface area contributed by atoms with Crippen LogP contribution in [0.1, 0.15) is 50.5 Å². The molecule has 3 rings (SSSR count). The lowest BCUT2D eigenvalue weighted by atomic mass is 9.77. The molecule has 0 aliphatic heterocycles. The minimum Gasteiger partial charge on any atom is -0.399 e. The van der Waals surface area contributed by atoms with Gasteiger partial charge in [-0.2, -0.15) is 0 Å². The van der Waals surface area contributed by atoms with Crippen LogP contribution in [0.15, 0.2) is 29.6 Å². The number of benzene rings is 1. The van der Waals surface area contributed by atoms with Crippen molar-refractivity contribution in [3.05, 3.63) is 34.7 Å². The summed E-state index contributed by atoms with van der Waals surface area (Å²) in [6.07, 6.45) is 5.31. The van der Waals surface area contributed by atoms with Gasteiger partial charge in [-0.05, 0) is 49.7 Å². The van der Waals surface area contributed by atoms with Crippen LogP contribution in [0.4, 0.5) is 5.69 Å². The predicted molar refractivity (Wildman–Crippen MR) is 91.5 cm³/mol. The van der Waals surface area contributed by atoms with E-state index < -0.39 is 0 Å². The van der Waals surface area contributed by atoms with Crippen molar-refractivity contribution in [1.29, 1.82) is 0 Å². The molecule has 0 amide bonds. The Morgan fingerprint density at radius 1 is 1.19 bits per heavy atom. The van der Waals surface area contributed by atoms with Crippen LogP contribution in [0.5, 0.6) is 0 Å². The first-order chi connectivity index (χ1) is 10.1. The monoisotopic (exact) mass is 300 g/mol. The highest BCUT2D eigenvalue weighted by Gasteiger charge is 2.26. The van der Waals surface area contributed by atoms with Gasteiger partial charge < -0.3 is 5.73 Å². The summed E-state index contributed by atoms with van der Waals surface area (Å²) in [6.45, 7) is 4.71. The Kier molecular flexibility index (Phi) is 4.29. The van der Waals surface area contributed by atoms with Gasteiger partial charge in [-0.3, -0.25) is 0 Å². The highest BCUT2D eigenvalue weighted by atomic mass is 32.1. The molecule has 0 radical (unpaired) electrons. The van der Waals surface area contributed by atoms with Gasteiger partial charge in [0.05, 0.1) is 10.7 Å². The van der Waals surface area contributed by atoms with Gasteiger partial charge in [0.15, 0.2) is 0 Å². The summed E-state index contributed by atoms with van der Waals surface area (Å²) in [4.78, 5) is 4.88. The van der Waals surface area contributed by atoms with Crippen molar-refractivity contribution in [2.24, 2.45) is 11.8 Å². The molecule has 0 saturated heterocycles. The second-order valence-corrected chi connectivity index (χ2v) is 7.44. The Hall–Kier alpha value is -1.35. The van der Waals surface area contributed by atoms with Crippen molar-refractivity contribution < 1.29 is 0 Å². The summed E-state index contributed by atoms with van der Waals surface area (Å²) < 4.78 is 0. The molecule has 3 heteroatoms. The lowest BCUT2D eigenvalue weighted by Crippen LogP contribution is -2.17. The third-order valence-electron chi connectivity index (χ3n) is 4.77. The van der Waals surface area contributed by atoms with Gasteiger partial charge in [0, 0.05) is 22.5 Å². The molecule has 0 bridgehead atoms. The molecule has 112 valence electrons. The molecule has 0 spiro atoms. The second-order valence-electron chi connectivity index (χ2n) is 6.55. The fourth-order valence-corrected chi connectivity index (χ4v) is 4.34. The summed E-state index contributed by atoms with van der Waals surface area (Å²) >= 11 is 1.81. The highest BCUT2D eigenvalue weighted by Crippen LogP contribution is 2.40. The summed E-state index contributed by atoms with van der Waals surface area (Å²) in [6, 6.07) is 8.01. The molecule has 1 aliphatic rings. The van der Waals surface area contributed by atoms with E-state index in [4.69, 9.17) is 10.7 Å². The minimum absolute atomic E-state index is 0.666. The highest BCUT2D eigenvalue weighted by molar-refractivity contribution is 7.10. The standard InChI is InChI=1S/C18H24N2S/c1-12(2)13-6-8-14(9-7-13)18-20-17(11-21-18)15-4-3-5-16(19)10-15/h3-5,10-14H,6-9,19H2,1-2H3. The summed E-state index contributed by atoms with van der Waals surface area (Å²) in [5, 5.41) is 3.49. The van der Waals surface area contributed by atoms with Crippen molar-refractivity contribution in [2.75, 3.05) is 5.73 Å². The number of thiazole rings is 1. The number of hydrogen-bond acceptors (Lipinski definition) is 3. The van der Waals surface area contributed by atoms with Crippen molar-refractivity contribution in [3.63, 3.8) is 0 Å². The van der Waals surface area contributed by atoms with E-state index in [2.05, 4.69) is 25.3 Å². The second kappa shape index (κ2) is 6.18. The zero-order valence-electron chi connectivity index (χ0n) is 12.9. The lowest BCUT2D eigenvalue weighted by molar-refractivity contribution is 0.258. The molecule has 1 aromatic heterocycles. The molecular formula is C18H24N2S. The molecule has 1 aliphatic carbocycles. The summed E-state index contributed by atoms with van der Waals surface area (Å²) in [7, 11) is 0. The number of nitrogen functional groups attached to an aromatic ring is 1. The Morgan fingerprint density at radius 3 is 2.62 bits per heavy atom. The first-order valence-corrected chi connectivity index (χ1v) is 8.83. The molecule has 1 heterocycles. The average molecular weight is 300 g/mol. The van der Waals surface area contributed by atoms with Crippen molar-refractivity contribution in [1.82, 2.24) is 4.98 Å². The fraction of sp³-hybridized carbons (Fsp3) is 0.500. The van der Waals surface area contributed by atoms with Crippen molar-refractivity contribution in [3.8, 4) is 11.3 Å². The maximum absolute atomic E-state index is 5.86. The quantitative estimate of drug-likeness (QED) is 0.779. The first-order valence-electron chi connectivity index (χ1n) is 7.95. The van der Waals surface area contributed by atoms with Gasteiger partial charge in [0.1, 0.15) is 0 Å². The van der Waals surface area contributed by atoms with Gasteiger partial charge >= 0.3 is 0 Å². The van der Waals surface area contributed by atoms with Crippen LogP contribution in [-0.4, -0.2) is 4.98 Å². The van der Waals surface area contributed by atoms with E-state index in [9.17, 15) is 0 Å². The van der Waals surface area contributed by atoms with E-state index in [-0.39, 0.29) is 0 Å². The van der Waals surface area contributed by atoms with Crippen molar-refractivity contribution in [2.45, 2.75) is 45.4 Å². The Morgan fingerprint density at radius 2 is 1.95 bits per heavy atom. The number of anilines is 1. The maximum atomic E-state index is 5.86. The van der Waals surface area contributed by atoms with E-state index in [0.29, 0.717) is 5.92 Å². The van der Waals surface area contributed by atoms with Crippen LogP contribution in [0.2, 0.25) is 0 Å². The number of nitrogens with two attached hydrogens (primary N) is 1. The maximum Gasteiger partial charge on any atom is 0.0963 e. The van der Waals surface area contributed by atoms with E-state index in [1.165, 1.54) is 30.7 Å². The smallest absolute Gasteiger partial charge is 0.0963 e. The van der Waals surface area contributed by atoms with Gasteiger partial charge in [-0.1, -0.05) is 26.0 Å². The van der Waals surface area contributed by atoms with Crippen LogP contribution >= 0.6 is 11.3 Å². The molecule has 2 nitrogen and oxygen atoms in total. The van der Waals surface area contributed by atoms with Crippen LogP contribution in [0, 0.1) is 11.8 Å². The molecule has 1 saturated carbocycles. The van der Waals surface area contributed by atoms with Crippen LogP contribution in [-0.2, 0) is 0 Å². The Labute approximate surface area is 131 Å². The van der Waals surface area contributed by atoms with E-state index >= 15 is 0 Å². The van der Waals surface area contributed by atoms with Gasteiger partial charge in [0.25, 0.3) is 0 Å². The molecule has 2 aromatic rings. The number of hydrogen-bond donors (Lipinski definition) is 1. The van der Waals surface area contributed by atoms with Gasteiger partial charge in [-0.15, -0.1) is 11.3 Å². The fourth-order valence-electron chi connectivity index (χ4n) is 3.34. The van der Waals surface area contributed by atoms with Gasteiger partial charge in [-0.25, -0.2) is 4.98 Å². The van der Waals surface area contributed by atoms with Crippen LogP contribution < -0.4 is 5.73 Å². The number of rotatable bonds is 3.